The van der Waals surface area contributed by atoms with Crippen LogP contribution in [0.5, 0.6) is 5.75 Å². The summed E-state index contributed by atoms with van der Waals surface area (Å²) in [6, 6.07) is 10.4. The number of aromatic amines is 1. The lowest BCUT2D eigenvalue weighted by atomic mass is 10.1. The molecule has 5 rings (SSSR count). The molecule has 0 saturated carbocycles. The van der Waals surface area contributed by atoms with Gasteiger partial charge >= 0.3 is 12.4 Å². The van der Waals surface area contributed by atoms with Gasteiger partial charge in [-0.1, -0.05) is 0 Å². The number of alkyl halides is 3. The van der Waals surface area contributed by atoms with E-state index in [-0.39, 0.29) is 17.8 Å². The minimum Gasteiger partial charge on any atom is -0.406 e. The van der Waals surface area contributed by atoms with E-state index in [1.54, 1.807) is 17.3 Å². The van der Waals surface area contributed by atoms with Gasteiger partial charge in [-0.05, 0) is 49.4 Å². The topological polar surface area (TPSA) is 99.3 Å². The number of pyridine rings is 1. The van der Waals surface area contributed by atoms with Crippen LogP contribution in [0.25, 0.3) is 22.3 Å². The minimum absolute atomic E-state index is 0.143. The van der Waals surface area contributed by atoms with Crippen molar-refractivity contribution in [3.63, 3.8) is 0 Å². The molecule has 4 aromatic rings. The van der Waals surface area contributed by atoms with E-state index >= 15 is 0 Å². The average molecular weight is 497 g/mol. The monoisotopic (exact) mass is 497 g/mol. The highest BCUT2D eigenvalue weighted by Crippen LogP contribution is 2.30. The molecule has 1 aliphatic heterocycles. The number of hydrogen-bond donors (Lipinski definition) is 2. The Balaban J connectivity index is 1.26. The van der Waals surface area contributed by atoms with Gasteiger partial charge in [0.1, 0.15) is 23.5 Å². The standard InChI is InChI=1S/C24H22F3N7O2/c1-15-13-33(22-19-12-20(16-6-8-28-9-7-16)32-21(19)29-14-30-22)10-11-34(15)23(35)31-17-2-4-18(5-3-17)36-24(25,26)27/h2-9,12,14-15H,10-11,13H2,1H3,(H,31,35)(H,29,30,32)/t15-/m0/s1. The third-order valence-electron chi connectivity index (χ3n) is 5.92. The fraction of sp³-hybridized carbons (Fsp3) is 0.250. The fourth-order valence-electron chi connectivity index (χ4n) is 4.25. The van der Waals surface area contributed by atoms with Crippen LogP contribution in [0, 0.1) is 0 Å². The molecule has 4 heterocycles. The summed E-state index contributed by atoms with van der Waals surface area (Å²) < 4.78 is 40.9. The lowest BCUT2D eigenvalue weighted by Gasteiger charge is -2.40. The van der Waals surface area contributed by atoms with Gasteiger partial charge in [0.2, 0.25) is 0 Å². The molecule has 1 saturated heterocycles. The first-order valence-corrected chi connectivity index (χ1v) is 11.2. The van der Waals surface area contributed by atoms with Crippen LogP contribution < -0.4 is 15.0 Å². The van der Waals surface area contributed by atoms with Crippen LogP contribution in [0.4, 0.5) is 29.5 Å². The molecule has 2 amide bonds. The van der Waals surface area contributed by atoms with Gasteiger partial charge in [0.15, 0.2) is 0 Å². The van der Waals surface area contributed by atoms with E-state index < -0.39 is 6.36 Å². The van der Waals surface area contributed by atoms with Gasteiger partial charge < -0.3 is 24.8 Å². The number of hydrogen-bond acceptors (Lipinski definition) is 6. The Morgan fingerprint density at radius 3 is 2.56 bits per heavy atom. The number of aromatic nitrogens is 4. The summed E-state index contributed by atoms with van der Waals surface area (Å²) in [4.78, 5) is 32.9. The lowest BCUT2D eigenvalue weighted by molar-refractivity contribution is -0.274. The molecule has 9 nitrogen and oxygen atoms in total. The molecule has 1 aromatic carbocycles. The summed E-state index contributed by atoms with van der Waals surface area (Å²) in [7, 11) is 0. The third kappa shape index (κ3) is 5.02. The van der Waals surface area contributed by atoms with Gasteiger partial charge in [-0.2, -0.15) is 0 Å². The van der Waals surface area contributed by atoms with Gasteiger partial charge in [-0.25, -0.2) is 14.8 Å². The molecule has 0 spiro atoms. The van der Waals surface area contributed by atoms with Crippen molar-refractivity contribution in [3.05, 3.63) is 61.2 Å². The number of carbonyl (C=O) groups is 1. The zero-order valence-electron chi connectivity index (χ0n) is 19.2. The van der Waals surface area contributed by atoms with Crippen molar-refractivity contribution >= 4 is 28.6 Å². The van der Waals surface area contributed by atoms with Gasteiger partial charge in [-0.15, -0.1) is 13.2 Å². The zero-order valence-corrected chi connectivity index (χ0v) is 19.2. The number of nitrogens with zero attached hydrogens (tertiary/aromatic N) is 5. The molecule has 0 bridgehead atoms. The number of carbonyl (C=O) groups excluding carboxylic acids is 1. The summed E-state index contributed by atoms with van der Waals surface area (Å²) in [5.74, 6) is 0.430. The second-order valence-corrected chi connectivity index (χ2v) is 8.37. The van der Waals surface area contributed by atoms with Crippen molar-refractivity contribution in [2.45, 2.75) is 19.3 Å². The lowest BCUT2D eigenvalue weighted by Crippen LogP contribution is -2.55. The first-order valence-electron chi connectivity index (χ1n) is 11.2. The first kappa shape index (κ1) is 23.4. The van der Waals surface area contributed by atoms with Crippen LogP contribution in [-0.4, -0.2) is 62.9 Å². The van der Waals surface area contributed by atoms with E-state index in [9.17, 15) is 18.0 Å². The zero-order chi connectivity index (χ0) is 25.3. The Kier molecular flexibility index (Phi) is 6.08. The molecule has 3 aromatic heterocycles. The number of urea groups is 1. The van der Waals surface area contributed by atoms with Crippen LogP contribution in [0.2, 0.25) is 0 Å². The number of amides is 2. The Morgan fingerprint density at radius 2 is 1.86 bits per heavy atom. The van der Waals surface area contributed by atoms with Crippen LogP contribution in [0.1, 0.15) is 6.92 Å². The number of halogens is 3. The van der Waals surface area contributed by atoms with Crippen LogP contribution in [0.3, 0.4) is 0 Å². The molecule has 1 fully saturated rings. The smallest absolute Gasteiger partial charge is 0.406 e. The number of rotatable bonds is 4. The first-order chi connectivity index (χ1) is 17.3. The molecular formula is C24H22F3N7O2. The molecule has 1 atom stereocenters. The molecule has 186 valence electrons. The normalized spacial score (nSPS) is 16.3. The van der Waals surface area contributed by atoms with Gasteiger partial charge in [-0.3, -0.25) is 4.98 Å². The van der Waals surface area contributed by atoms with E-state index in [1.165, 1.54) is 18.5 Å². The number of piperazine rings is 1. The van der Waals surface area contributed by atoms with Crippen molar-refractivity contribution in [1.82, 2.24) is 24.8 Å². The predicted molar refractivity (Wildman–Crippen MR) is 128 cm³/mol. The minimum atomic E-state index is -4.77. The van der Waals surface area contributed by atoms with E-state index in [0.29, 0.717) is 25.3 Å². The average Bonchev–Trinajstić information content (AvgIpc) is 3.29. The van der Waals surface area contributed by atoms with Crippen LogP contribution >= 0.6 is 0 Å². The molecule has 0 unspecified atom stereocenters. The highest BCUT2D eigenvalue weighted by Gasteiger charge is 2.31. The van der Waals surface area contributed by atoms with Gasteiger partial charge in [0.25, 0.3) is 0 Å². The number of H-pyrrole nitrogens is 1. The van der Waals surface area contributed by atoms with Crippen molar-refractivity contribution in [3.8, 4) is 17.0 Å². The largest absolute Gasteiger partial charge is 0.573 e. The van der Waals surface area contributed by atoms with E-state index in [2.05, 4.69) is 34.9 Å². The SMILES string of the molecule is C[C@H]1CN(c2ncnc3[nH]c(-c4ccncc4)cc23)CCN1C(=O)Nc1ccc(OC(F)(F)F)cc1. The van der Waals surface area contributed by atoms with Crippen molar-refractivity contribution in [2.24, 2.45) is 0 Å². The molecule has 2 N–H and O–H groups in total. The maximum atomic E-state index is 12.9. The molecule has 0 radical (unpaired) electrons. The summed E-state index contributed by atoms with van der Waals surface area (Å²) >= 11 is 0. The fourth-order valence-corrected chi connectivity index (χ4v) is 4.25. The summed E-state index contributed by atoms with van der Waals surface area (Å²) in [5, 5.41) is 3.62. The molecule has 1 aliphatic rings. The molecule has 36 heavy (non-hydrogen) atoms. The second-order valence-electron chi connectivity index (χ2n) is 8.37. The predicted octanol–water partition coefficient (Wildman–Crippen LogP) is 4.66. The maximum Gasteiger partial charge on any atom is 0.573 e. The Bertz CT molecular complexity index is 1360. The van der Waals surface area contributed by atoms with Crippen molar-refractivity contribution < 1.29 is 22.7 Å². The summed E-state index contributed by atoms with van der Waals surface area (Å²) in [6.45, 7) is 3.48. The van der Waals surface area contributed by atoms with Crippen LogP contribution in [-0.2, 0) is 0 Å². The summed E-state index contributed by atoms with van der Waals surface area (Å²) in [6.07, 6.45) is 0.199. The number of benzene rings is 1. The van der Waals surface area contributed by atoms with Crippen molar-refractivity contribution in [1.29, 1.82) is 0 Å². The van der Waals surface area contributed by atoms with Crippen LogP contribution in [0.15, 0.2) is 61.2 Å². The molecule has 12 heteroatoms. The quantitative estimate of drug-likeness (QED) is 0.426. The van der Waals surface area contributed by atoms with E-state index in [0.717, 1.165) is 40.2 Å². The Morgan fingerprint density at radius 1 is 1.11 bits per heavy atom. The third-order valence-corrected chi connectivity index (χ3v) is 5.92. The Hall–Kier alpha value is -4.35. The molecule has 0 aliphatic carbocycles. The second kappa shape index (κ2) is 9.36. The van der Waals surface area contributed by atoms with Gasteiger partial charge in [0, 0.05) is 55.0 Å². The van der Waals surface area contributed by atoms with Gasteiger partial charge in [0.05, 0.1) is 5.39 Å². The summed E-state index contributed by atoms with van der Waals surface area (Å²) in [5.41, 5.74) is 2.99. The number of anilines is 2. The van der Waals surface area contributed by atoms with Crippen molar-refractivity contribution in [2.75, 3.05) is 29.9 Å². The van der Waals surface area contributed by atoms with E-state index in [1.807, 2.05) is 25.1 Å². The highest BCUT2D eigenvalue weighted by atomic mass is 19.4. The van der Waals surface area contributed by atoms with E-state index in [4.69, 9.17) is 0 Å². The number of nitrogens with one attached hydrogen (secondary N) is 2. The maximum absolute atomic E-state index is 12.9. The number of fused-ring (bicyclic) bond motifs is 1. The number of ether oxygens (including phenoxy) is 1. The molecular weight excluding hydrogens is 475 g/mol. The Labute approximate surface area is 203 Å². The highest BCUT2D eigenvalue weighted by molar-refractivity contribution is 5.92.